The smallest absolute Gasteiger partial charge is 0.223 e. The number of rotatable bonds is 6. The van der Waals surface area contributed by atoms with Crippen molar-refractivity contribution in [2.75, 3.05) is 25.0 Å². The first kappa shape index (κ1) is 14.8. The number of nitrogens with one attached hydrogen (secondary N) is 2. The van der Waals surface area contributed by atoms with Crippen LogP contribution in [0.25, 0.3) is 0 Å². The molecule has 1 amide bonds. The predicted molar refractivity (Wildman–Crippen MR) is 80.4 cm³/mol. The Kier molecular flexibility index (Phi) is 5.35. The van der Waals surface area contributed by atoms with E-state index in [0.29, 0.717) is 25.6 Å². The topological polar surface area (TPSA) is 80.0 Å². The van der Waals surface area contributed by atoms with Gasteiger partial charge in [-0.15, -0.1) is 0 Å². The van der Waals surface area contributed by atoms with Gasteiger partial charge in [-0.05, 0) is 44.4 Å². The number of nitrogens with zero attached hydrogens (tertiary/aromatic N) is 1. The second kappa shape index (κ2) is 7.24. The van der Waals surface area contributed by atoms with Crippen LogP contribution in [0, 0.1) is 18.8 Å². The van der Waals surface area contributed by atoms with Gasteiger partial charge in [0.15, 0.2) is 0 Å². The third-order valence-corrected chi connectivity index (χ3v) is 3.92. The molecule has 5 nitrogen and oxygen atoms in total. The molecule has 0 saturated heterocycles. The average Bonchev–Trinajstić information content (AvgIpc) is 2.92. The summed E-state index contributed by atoms with van der Waals surface area (Å²) in [5, 5.41) is 6.20. The van der Waals surface area contributed by atoms with E-state index in [4.69, 9.17) is 5.73 Å². The summed E-state index contributed by atoms with van der Waals surface area (Å²) in [5.74, 6) is 1.47. The van der Waals surface area contributed by atoms with E-state index >= 15 is 0 Å². The fourth-order valence-corrected chi connectivity index (χ4v) is 2.81. The number of carbonyl (C=O) groups is 1. The van der Waals surface area contributed by atoms with Crippen molar-refractivity contribution in [3.8, 4) is 0 Å². The Labute approximate surface area is 120 Å². The van der Waals surface area contributed by atoms with Gasteiger partial charge in [-0.25, -0.2) is 4.98 Å². The summed E-state index contributed by atoms with van der Waals surface area (Å²) in [6.07, 6.45) is 3.17. The lowest BCUT2D eigenvalue weighted by atomic mass is 9.95. The van der Waals surface area contributed by atoms with E-state index in [9.17, 15) is 4.79 Å². The Bertz CT molecular complexity index is 449. The summed E-state index contributed by atoms with van der Waals surface area (Å²) < 4.78 is 0. The zero-order chi connectivity index (χ0) is 14.4. The zero-order valence-electron chi connectivity index (χ0n) is 12.1. The minimum absolute atomic E-state index is 0.108. The first-order valence-corrected chi connectivity index (χ1v) is 7.36. The van der Waals surface area contributed by atoms with E-state index in [1.807, 2.05) is 25.1 Å². The van der Waals surface area contributed by atoms with Crippen LogP contribution in [-0.2, 0) is 4.79 Å². The van der Waals surface area contributed by atoms with Crippen LogP contribution in [0.5, 0.6) is 0 Å². The van der Waals surface area contributed by atoms with Gasteiger partial charge in [0.2, 0.25) is 5.91 Å². The molecule has 20 heavy (non-hydrogen) atoms. The number of hydrogen-bond acceptors (Lipinski definition) is 4. The molecule has 1 fully saturated rings. The molecule has 5 heteroatoms. The lowest BCUT2D eigenvalue weighted by Gasteiger charge is -2.17. The molecule has 1 aromatic rings. The number of hydrogen-bond donors (Lipinski definition) is 3. The molecule has 1 saturated carbocycles. The normalized spacial score (nSPS) is 21.7. The van der Waals surface area contributed by atoms with Crippen LogP contribution in [0.3, 0.4) is 0 Å². The number of aromatic nitrogens is 1. The van der Waals surface area contributed by atoms with Crippen LogP contribution in [0.2, 0.25) is 0 Å². The van der Waals surface area contributed by atoms with Crippen molar-refractivity contribution in [3.63, 3.8) is 0 Å². The molecular formula is C15H24N4O. The quantitative estimate of drug-likeness (QED) is 0.684. The number of aryl methyl sites for hydroxylation is 1. The Hall–Kier alpha value is -1.62. The maximum atomic E-state index is 12.1. The van der Waals surface area contributed by atoms with Gasteiger partial charge in [-0.1, -0.05) is 12.5 Å². The summed E-state index contributed by atoms with van der Waals surface area (Å²) in [4.78, 5) is 16.4. The molecule has 0 bridgehead atoms. The molecule has 0 spiro atoms. The van der Waals surface area contributed by atoms with E-state index in [1.54, 1.807) is 0 Å². The SMILES string of the molecule is Cc1cccc(NCCNC(=O)[C@@H]2CCC[C@@H]2CN)n1. The molecule has 2 atom stereocenters. The second-order valence-corrected chi connectivity index (χ2v) is 5.42. The Morgan fingerprint density at radius 3 is 3.00 bits per heavy atom. The zero-order valence-corrected chi connectivity index (χ0v) is 12.1. The number of carbonyl (C=O) groups excluding carboxylic acids is 1. The number of pyridine rings is 1. The van der Waals surface area contributed by atoms with Gasteiger partial charge in [-0.2, -0.15) is 0 Å². The standard InChI is InChI=1S/C15H24N4O/c1-11-4-2-7-14(19-11)17-8-9-18-15(20)13-6-3-5-12(13)10-16/h2,4,7,12-13H,3,5-6,8-10,16H2,1H3,(H,17,19)(H,18,20)/t12-,13-/m1/s1. The van der Waals surface area contributed by atoms with E-state index in [0.717, 1.165) is 30.8 Å². The fraction of sp³-hybridized carbons (Fsp3) is 0.600. The first-order valence-electron chi connectivity index (χ1n) is 7.36. The third kappa shape index (κ3) is 3.93. The van der Waals surface area contributed by atoms with Gasteiger partial charge in [0.25, 0.3) is 0 Å². The highest BCUT2D eigenvalue weighted by atomic mass is 16.1. The van der Waals surface area contributed by atoms with Crippen LogP contribution in [0.1, 0.15) is 25.0 Å². The Morgan fingerprint density at radius 1 is 1.40 bits per heavy atom. The van der Waals surface area contributed by atoms with Crippen LogP contribution in [0.4, 0.5) is 5.82 Å². The van der Waals surface area contributed by atoms with Crippen molar-refractivity contribution in [3.05, 3.63) is 23.9 Å². The average molecular weight is 276 g/mol. The first-order chi connectivity index (χ1) is 9.70. The van der Waals surface area contributed by atoms with E-state index in [1.165, 1.54) is 0 Å². The van der Waals surface area contributed by atoms with Gasteiger partial charge in [0.05, 0.1) is 0 Å². The van der Waals surface area contributed by atoms with Crippen LogP contribution in [0.15, 0.2) is 18.2 Å². The maximum absolute atomic E-state index is 12.1. The maximum Gasteiger partial charge on any atom is 0.223 e. The van der Waals surface area contributed by atoms with Crippen molar-refractivity contribution in [2.45, 2.75) is 26.2 Å². The molecule has 0 aromatic carbocycles. The molecule has 110 valence electrons. The largest absolute Gasteiger partial charge is 0.368 e. The van der Waals surface area contributed by atoms with Crippen molar-refractivity contribution in [1.82, 2.24) is 10.3 Å². The monoisotopic (exact) mass is 276 g/mol. The van der Waals surface area contributed by atoms with Gasteiger partial charge in [0.1, 0.15) is 5.82 Å². The highest BCUT2D eigenvalue weighted by Gasteiger charge is 2.31. The van der Waals surface area contributed by atoms with Crippen LogP contribution >= 0.6 is 0 Å². The van der Waals surface area contributed by atoms with Gasteiger partial charge >= 0.3 is 0 Å². The molecular weight excluding hydrogens is 252 g/mol. The van der Waals surface area contributed by atoms with Crippen molar-refractivity contribution < 1.29 is 4.79 Å². The van der Waals surface area contributed by atoms with Crippen LogP contribution < -0.4 is 16.4 Å². The molecule has 0 radical (unpaired) electrons. The second-order valence-electron chi connectivity index (χ2n) is 5.42. The summed E-state index contributed by atoms with van der Waals surface area (Å²) >= 11 is 0. The molecule has 4 N–H and O–H groups in total. The van der Waals surface area contributed by atoms with Crippen LogP contribution in [-0.4, -0.2) is 30.5 Å². The summed E-state index contributed by atoms with van der Waals surface area (Å²) in [6, 6.07) is 5.85. The van der Waals surface area contributed by atoms with Gasteiger partial charge in [-0.3, -0.25) is 4.79 Å². The highest BCUT2D eigenvalue weighted by molar-refractivity contribution is 5.79. The highest BCUT2D eigenvalue weighted by Crippen LogP contribution is 2.30. The molecule has 1 aliphatic rings. The van der Waals surface area contributed by atoms with E-state index in [-0.39, 0.29) is 11.8 Å². The Balaban J connectivity index is 1.69. The molecule has 0 unspecified atom stereocenters. The Morgan fingerprint density at radius 2 is 2.25 bits per heavy atom. The fourth-order valence-electron chi connectivity index (χ4n) is 2.81. The van der Waals surface area contributed by atoms with E-state index < -0.39 is 0 Å². The molecule has 0 aliphatic heterocycles. The molecule has 1 aromatic heterocycles. The number of amides is 1. The number of anilines is 1. The predicted octanol–water partition coefficient (Wildman–Crippen LogP) is 1.29. The lowest BCUT2D eigenvalue weighted by Crippen LogP contribution is -2.37. The minimum Gasteiger partial charge on any atom is -0.368 e. The summed E-state index contributed by atoms with van der Waals surface area (Å²) in [6.45, 7) is 3.87. The van der Waals surface area contributed by atoms with Crippen molar-refractivity contribution in [1.29, 1.82) is 0 Å². The number of nitrogens with two attached hydrogens (primary N) is 1. The minimum atomic E-state index is 0.108. The third-order valence-electron chi connectivity index (χ3n) is 3.92. The van der Waals surface area contributed by atoms with Gasteiger partial charge in [0, 0.05) is 24.7 Å². The van der Waals surface area contributed by atoms with Crippen molar-refractivity contribution >= 4 is 11.7 Å². The summed E-state index contributed by atoms with van der Waals surface area (Å²) in [7, 11) is 0. The summed E-state index contributed by atoms with van der Waals surface area (Å²) in [5.41, 5.74) is 6.69. The van der Waals surface area contributed by atoms with Gasteiger partial charge < -0.3 is 16.4 Å². The lowest BCUT2D eigenvalue weighted by molar-refractivity contribution is -0.125. The van der Waals surface area contributed by atoms with E-state index in [2.05, 4.69) is 15.6 Å². The molecule has 1 aliphatic carbocycles. The van der Waals surface area contributed by atoms with Crippen molar-refractivity contribution in [2.24, 2.45) is 17.6 Å². The molecule has 1 heterocycles. The molecule has 2 rings (SSSR count).